The molecule has 3 aromatic heterocycles. The van der Waals surface area contributed by atoms with E-state index in [0.29, 0.717) is 25.0 Å². The quantitative estimate of drug-likeness (QED) is 0.494. The third-order valence-electron chi connectivity index (χ3n) is 5.03. The summed E-state index contributed by atoms with van der Waals surface area (Å²) >= 11 is 1.52. The molecule has 0 radical (unpaired) electrons. The zero-order valence-electron chi connectivity index (χ0n) is 16.8. The molecule has 4 aromatic rings. The van der Waals surface area contributed by atoms with Crippen LogP contribution in [0.5, 0.6) is 0 Å². The van der Waals surface area contributed by atoms with Gasteiger partial charge >= 0.3 is 0 Å². The number of thiophene rings is 1. The van der Waals surface area contributed by atoms with Crippen molar-refractivity contribution in [3.63, 3.8) is 0 Å². The zero-order valence-corrected chi connectivity index (χ0v) is 17.6. The first-order valence-electron chi connectivity index (χ1n) is 9.63. The Hall–Kier alpha value is -3.33. The summed E-state index contributed by atoms with van der Waals surface area (Å²) in [6.07, 6.45) is 4.92. The number of rotatable bonds is 7. The van der Waals surface area contributed by atoms with E-state index in [1.807, 2.05) is 38.1 Å². The lowest BCUT2D eigenvalue weighted by atomic mass is 10.1. The molecule has 0 unspecified atom stereocenters. The first kappa shape index (κ1) is 20.0. The van der Waals surface area contributed by atoms with Crippen molar-refractivity contribution in [2.24, 2.45) is 0 Å². The molecular weight excluding hydrogens is 400 g/mol. The smallest absolute Gasteiger partial charge is 0.262 e. The maximum atomic E-state index is 12.7. The lowest BCUT2D eigenvalue weighted by molar-refractivity contribution is -0.121. The maximum absolute atomic E-state index is 12.7. The van der Waals surface area contributed by atoms with E-state index in [9.17, 15) is 9.59 Å². The monoisotopic (exact) mass is 422 g/mol. The number of hydrogen-bond donors (Lipinski definition) is 1. The highest BCUT2D eigenvalue weighted by Gasteiger charge is 2.12. The molecule has 0 saturated heterocycles. The molecule has 30 heavy (non-hydrogen) atoms. The molecule has 3 heterocycles. The molecule has 0 spiro atoms. The van der Waals surface area contributed by atoms with Gasteiger partial charge < -0.3 is 5.32 Å². The SMILES string of the molecule is Cc1sc2ncn(CCC(=O)NCc3cccc(Cn4cncn4)c3)c(=O)c2c1C. The second-order valence-corrected chi connectivity index (χ2v) is 8.35. The van der Waals surface area contributed by atoms with E-state index in [1.54, 1.807) is 11.0 Å². The van der Waals surface area contributed by atoms with E-state index in [4.69, 9.17) is 0 Å². The molecule has 0 saturated carbocycles. The Balaban J connectivity index is 1.34. The summed E-state index contributed by atoms with van der Waals surface area (Å²) in [7, 11) is 0. The average molecular weight is 423 g/mol. The number of aryl methyl sites for hydroxylation is 3. The van der Waals surface area contributed by atoms with Gasteiger partial charge in [-0.25, -0.2) is 14.6 Å². The van der Waals surface area contributed by atoms with Gasteiger partial charge in [0, 0.05) is 24.4 Å². The van der Waals surface area contributed by atoms with E-state index >= 15 is 0 Å². The summed E-state index contributed by atoms with van der Waals surface area (Å²) in [4.78, 5) is 35.2. The molecule has 9 heteroatoms. The van der Waals surface area contributed by atoms with E-state index in [1.165, 1.54) is 28.6 Å². The second kappa shape index (κ2) is 8.58. The average Bonchev–Trinajstić information content (AvgIpc) is 3.34. The van der Waals surface area contributed by atoms with Crippen LogP contribution in [0.3, 0.4) is 0 Å². The fourth-order valence-corrected chi connectivity index (χ4v) is 4.27. The number of carbonyl (C=O) groups excluding carboxylic acids is 1. The van der Waals surface area contributed by atoms with Crippen molar-refractivity contribution >= 4 is 27.5 Å². The molecule has 0 bridgehead atoms. The van der Waals surface area contributed by atoms with Crippen LogP contribution in [0.1, 0.15) is 28.0 Å². The minimum atomic E-state index is -0.109. The number of nitrogens with zero attached hydrogens (tertiary/aromatic N) is 5. The Morgan fingerprint density at radius 3 is 2.83 bits per heavy atom. The molecule has 0 aliphatic rings. The van der Waals surface area contributed by atoms with Gasteiger partial charge in [0.25, 0.3) is 5.56 Å². The third kappa shape index (κ3) is 4.30. The summed E-state index contributed by atoms with van der Waals surface area (Å²) in [5.41, 5.74) is 2.97. The van der Waals surface area contributed by atoms with Crippen LogP contribution < -0.4 is 10.9 Å². The molecule has 1 amide bonds. The van der Waals surface area contributed by atoms with E-state index in [0.717, 1.165) is 26.4 Å². The van der Waals surface area contributed by atoms with E-state index in [-0.39, 0.29) is 17.9 Å². The van der Waals surface area contributed by atoms with Crippen molar-refractivity contribution in [2.45, 2.75) is 39.9 Å². The third-order valence-corrected chi connectivity index (χ3v) is 6.14. The fraction of sp³-hybridized carbons (Fsp3) is 0.286. The van der Waals surface area contributed by atoms with Gasteiger partial charge in [-0.2, -0.15) is 5.10 Å². The van der Waals surface area contributed by atoms with Gasteiger partial charge in [0.05, 0.1) is 18.3 Å². The maximum Gasteiger partial charge on any atom is 0.262 e. The predicted molar refractivity (Wildman–Crippen MR) is 115 cm³/mol. The summed E-state index contributed by atoms with van der Waals surface area (Å²) in [5, 5.41) is 7.68. The lowest BCUT2D eigenvalue weighted by Gasteiger charge is -2.09. The van der Waals surface area contributed by atoms with Gasteiger partial charge in [0.1, 0.15) is 17.5 Å². The molecule has 8 nitrogen and oxygen atoms in total. The molecule has 154 valence electrons. The Labute approximate surface area is 177 Å². The molecule has 1 aromatic carbocycles. The first-order chi connectivity index (χ1) is 14.5. The van der Waals surface area contributed by atoms with Crippen LogP contribution in [0.25, 0.3) is 10.2 Å². The van der Waals surface area contributed by atoms with Crippen molar-refractivity contribution in [2.75, 3.05) is 0 Å². The van der Waals surface area contributed by atoms with Gasteiger partial charge in [0.2, 0.25) is 5.91 Å². The second-order valence-electron chi connectivity index (χ2n) is 7.15. The normalized spacial score (nSPS) is 11.1. The van der Waals surface area contributed by atoms with Gasteiger partial charge in [-0.1, -0.05) is 24.3 Å². The highest BCUT2D eigenvalue weighted by molar-refractivity contribution is 7.18. The molecule has 0 fully saturated rings. The molecular formula is C21H22N6O2S. The number of nitrogens with one attached hydrogen (secondary N) is 1. The number of benzene rings is 1. The minimum Gasteiger partial charge on any atom is -0.352 e. The van der Waals surface area contributed by atoms with Crippen LogP contribution in [0.2, 0.25) is 0 Å². The molecule has 0 aliphatic heterocycles. The first-order valence-corrected chi connectivity index (χ1v) is 10.4. The summed E-state index contributed by atoms with van der Waals surface area (Å²) in [6.45, 7) is 5.28. The van der Waals surface area contributed by atoms with E-state index in [2.05, 4.69) is 20.4 Å². The molecule has 0 atom stereocenters. The Bertz CT molecular complexity index is 1240. The fourth-order valence-electron chi connectivity index (χ4n) is 3.28. The Morgan fingerprint density at radius 2 is 2.03 bits per heavy atom. The van der Waals surface area contributed by atoms with Crippen LogP contribution in [0, 0.1) is 13.8 Å². The number of aromatic nitrogens is 5. The number of carbonyl (C=O) groups is 1. The van der Waals surface area contributed by atoms with Gasteiger partial charge in [-0.05, 0) is 30.5 Å². The van der Waals surface area contributed by atoms with Crippen molar-refractivity contribution in [1.82, 2.24) is 29.6 Å². The number of amides is 1. The van der Waals surface area contributed by atoms with Crippen LogP contribution in [-0.2, 0) is 24.4 Å². The zero-order chi connectivity index (χ0) is 21.1. The lowest BCUT2D eigenvalue weighted by Crippen LogP contribution is -2.27. The largest absolute Gasteiger partial charge is 0.352 e. The predicted octanol–water partition coefficient (Wildman–Crippen LogP) is 2.42. The Kier molecular flexibility index (Phi) is 5.71. The van der Waals surface area contributed by atoms with Crippen molar-refractivity contribution in [3.05, 3.63) is 75.2 Å². The summed E-state index contributed by atoms with van der Waals surface area (Å²) in [6, 6.07) is 7.97. The van der Waals surface area contributed by atoms with Crippen LogP contribution in [-0.4, -0.2) is 30.2 Å². The van der Waals surface area contributed by atoms with Crippen LogP contribution in [0.4, 0.5) is 0 Å². The summed E-state index contributed by atoms with van der Waals surface area (Å²) in [5.74, 6) is -0.109. The molecule has 0 aliphatic carbocycles. The van der Waals surface area contributed by atoms with Gasteiger partial charge in [-0.15, -0.1) is 11.3 Å². The van der Waals surface area contributed by atoms with Crippen LogP contribution >= 0.6 is 11.3 Å². The number of hydrogen-bond acceptors (Lipinski definition) is 6. The summed E-state index contributed by atoms with van der Waals surface area (Å²) < 4.78 is 3.26. The van der Waals surface area contributed by atoms with Gasteiger partial charge in [0.15, 0.2) is 0 Å². The molecule has 4 rings (SSSR count). The molecule has 1 N–H and O–H groups in total. The highest BCUT2D eigenvalue weighted by atomic mass is 32.1. The topological polar surface area (TPSA) is 94.7 Å². The van der Waals surface area contributed by atoms with Crippen molar-refractivity contribution in [1.29, 1.82) is 0 Å². The van der Waals surface area contributed by atoms with Crippen LogP contribution in [0.15, 0.2) is 48.0 Å². The van der Waals surface area contributed by atoms with E-state index < -0.39 is 0 Å². The van der Waals surface area contributed by atoms with Crippen molar-refractivity contribution < 1.29 is 4.79 Å². The van der Waals surface area contributed by atoms with Crippen molar-refractivity contribution in [3.8, 4) is 0 Å². The minimum absolute atomic E-state index is 0.0875. The number of fused-ring (bicyclic) bond motifs is 1. The highest BCUT2D eigenvalue weighted by Crippen LogP contribution is 2.25. The Morgan fingerprint density at radius 1 is 1.20 bits per heavy atom. The van der Waals surface area contributed by atoms with Gasteiger partial charge in [-0.3, -0.25) is 14.2 Å². The standard InChI is InChI=1S/C21H22N6O2S/c1-14-15(2)30-20-19(14)21(29)26(13-24-20)7-6-18(28)23-9-16-4-3-5-17(8-16)10-27-12-22-11-25-27/h3-5,8,11-13H,6-7,9-10H2,1-2H3,(H,23,28).